The zero-order valence-corrected chi connectivity index (χ0v) is 12.8. The zero-order chi connectivity index (χ0) is 14.4. The molecule has 0 amide bonds. The molecule has 0 radical (unpaired) electrons. The van der Waals surface area contributed by atoms with Gasteiger partial charge in [0.05, 0.1) is 0 Å². The molecule has 0 spiro atoms. The second kappa shape index (κ2) is 7.29. The summed E-state index contributed by atoms with van der Waals surface area (Å²) in [6.07, 6.45) is 10.7. The first kappa shape index (κ1) is 14.9. The van der Waals surface area contributed by atoms with Crippen LogP contribution in [0.1, 0.15) is 44.1 Å². The number of aryl methyl sites for hydroxylation is 3. The van der Waals surface area contributed by atoms with Gasteiger partial charge in [-0.15, -0.1) is 0 Å². The molecule has 0 saturated heterocycles. The van der Waals surface area contributed by atoms with Crippen molar-refractivity contribution in [1.82, 2.24) is 19.4 Å². The van der Waals surface area contributed by atoms with E-state index in [1.807, 2.05) is 19.3 Å². The van der Waals surface area contributed by atoms with E-state index in [2.05, 4.69) is 51.7 Å². The normalized spacial score (nSPS) is 12.8. The quantitative estimate of drug-likeness (QED) is 0.802. The van der Waals surface area contributed by atoms with Crippen molar-refractivity contribution in [1.29, 1.82) is 0 Å². The van der Waals surface area contributed by atoms with E-state index in [-0.39, 0.29) is 0 Å². The third-order valence-corrected chi connectivity index (χ3v) is 3.75. The summed E-state index contributed by atoms with van der Waals surface area (Å²) >= 11 is 0. The van der Waals surface area contributed by atoms with Crippen LogP contribution in [0.2, 0.25) is 0 Å². The summed E-state index contributed by atoms with van der Waals surface area (Å²) in [6, 6.07) is 2.71. The van der Waals surface area contributed by atoms with Crippen LogP contribution in [0.15, 0.2) is 30.9 Å². The minimum absolute atomic E-state index is 0.478. The van der Waals surface area contributed by atoms with Crippen molar-refractivity contribution in [2.75, 3.05) is 6.54 Å². The fourth-order valence-electron chi connectivity index (χ4n) is 2.48. The van der Waals surface area contributed by atoms with Crippen LogP contribution in [0, 0.1) is 6.92 Å². The molecule has 4 nitrogen and oxygen atoms in total. The van der Waals surface area contributed by atoms with Gasteiger partial charge in [0.2, 0.25) is 0 Å². The number of rotatable bonds is 8. The smallest absolute Gasteiger partial charge is 0.105 e. The van der Waals surface area contributed by atoms with Crippen molar-refractivity contribution in [2.45, 2.75) is 52.7 Å². The van der Waals surface area contributed by atoms with Gasteiger partial charge in [0.25, 0.3) is 0 Å². The minimum atomic E-state index is 0.478. The summed E-state index contributed by atoms with van der Waals surface area (Å²) in [5.74, 6) is 1.08. The highest BCUT2D eigenvalue weighted by molar-refractivity contribution is 5.15. The van der Waals surface area contributed by atoms with Crippen molar-refractivity contribution in [3.05, 3.63) is 42.2 Å². The lowest BCUT2D eigenvalue weighted by atomic mass is 10.1. The summed E-state index contributed by atoms with van der Waals surface area (Å²) in [6.45, 7) is 9.53. The van der Waals surface area contributed by atoms with E-state index in [4.69, 9.17) is 0 Å². The molecule has 110 valence electrons. The molecule has 2 aromatic heterocycles. The van der Waals surface area contributed by atoms with E-state index in [1.54, 1.807) is 0 Å². The highest BCUT2D eigenvalue weighted by Crippen LogP contribution is 2.17. The molecule has 0 saturated carbocycles. The lowest BCUT2D eigenvalue weighted by Gasteiger charge is -2.15. The fraction of sp³-hybridized carbons (Fsp3) is 0.562. The minimum Gasteiger partial charge on any atom is -0.352 e. The number of hydrogen-bond donors (Lipinski definition) is 1. The van der Waals surface area contributed by atoms with Gasteiger partial charge in [0.1, 0.15) is 5.82 Å². The van der Waals surface area contributed by atoms with Crippen molar-refractivity contribution in [2.24, 2.45) is 0 Å². The Kier molecular flexibility index (Phi) is 5.41. The van der Waals surface area contributed by atoms with Gasteiger partial charge in [-0.3, -0.25) is 0 Å². The molecule has 0 fully saturated rings. The monoisotopic (exact) mass is 274 g/mol. The second-order valence-electron chi connectivity index (χ2n) is 5.27. The highest BCUT2D eigenvalue weighted by Gasteiger charge is 2.09. The highest BCUT2D eigenvalue weighted by atomic mass is 15.1. The van der Waals surface area contributed by atoms with Crippen molar-refractivity contribution in [3.63, 3.8) is 0 Å². The molecule has 1 unspecified atom stereocenters. The van der Waals surface area contributed by atoms with Crippen LogP contribution >= 0.6 is 0 Å². The molecule has 0 aliphatic rings. The molecule has 0 aliphatic carbocycles. The molecule has 2 aromatic rings. The summed E-state index contributed by atoms with van der Waals surface area (Å²) in [4.78, 5) is 4.25. The van der Waals surface area contributed by atoms with E-state index in [1.165, 1.54) is 12.0 Å². The predicted molar refractivity (Wildman–Crippen MR) is 82.7 cm³/mol. The maximum absolute atomic E-state index is 4.25. The van der Waals surface area contributed by atoms with E-state index in [0.29, 0.717) is 6.04 Å². The molecule has 4 heteroatoms. The molecule has 2 heterocycles. The first-order valence-corrected chi connectivity index (χ1v) is 7.61. The SMILES string of the molecule is CCCNC(CC)c1ccn(CCn2ccnc2C)c1. The average Bonchev–Trinajstić information content (AvgIpc) is 3.07. The van der Waals surface area contributed by atoms with Gasteiger partial charge in [0, 0.05) is 43.9 Å². The van der Waals surface area contributed by atoms with Crippen molar-refractivity contribution < 1.29 is 0 Å². The average molecular weight is 274 g/mol. The molecule has 20 heavy (non-hydrogen) atoms. The number of nitrogens with one attached hydrogen (secondary N) is 1. The Morgan fingerprint density at radius 1 is 1.25 bits per heavy atom. The van der Waals surface area contributed by atoms with Crippen LogP contribution < -0.4 is 5.32 Å². The Bertz CT molecular complexity index is 512. The van der Waals surface area contributed by atoms with E-state index in [0.717, 1.165) is 31.9 Å². The first-order valence-electron chi connectivity index (χ1n) is 7.61. The van der Waals surface area contributed by atoms with Gasteiger partial charge < -0.3 is 14.5 Å². The van der Waals surface area contributed by atoms with Gasteiger partial charge in [0.15, 0.2) is 0 Å². The Hall–Kier alpha value is -1.55. The molecule has 1 N–H and O–H groups in total. The Morgan fingerprint density at radius 2 is 2.10 bits per heavy atom. The summed E-state index contributed by atoms with van der Waals surface area (Å²) < 4.78 is 4.46. The van der Waals surface area contributed by atoms with Crippen molar-refractivity contribution in [3.8, 4) is 0 Å². The van der Waals surface area contributed by atoms with E-state index in [9.17, 15) is 0 Å². The van der Waals surface area contributed by atoms with Gasteiger partial charge in [-0.25, -0.2) is 4.98 Å². The third-order valence-electron chi connectivity index (χ3n) is 3.75. The van der Waals surface area contributed by atoms with E-state index >= 15 is 0 Å². The number of hydrogen-bond acceptors (Lipinski definition) is 2. The van der Waals surface area contributed by atoms with Crippen LogP contribution in [0.25, 0.3) is 0 Å². The summed E-state index contributed by atoms with van der Waals surface area (Å²) in [7, 11) is 0. The number of imidazole rings is 1. The molecule has 1 atom stereocenters. The Labute approximate surface area is 121 Å². The molecule has 0 aliphatic heterocycles. The lowest BCUT2D eigenvalue weighted by Crippen LogP contribution is -2.21. The van der Waals surface area contributed by atoms with Gasteiger partial charge in [-0.2, -0.15) is 0 Å². The molecule has 0 aromatic carbocycles. The Balaban J connectivity index is 1.92. The van der Waals surface area contributed by atoms with Crippen LogP contribution in [0.3, 0.4) is 0 Å². The molecular weight excluding hydrogens is 248 g/mol. The first-order chi connectivity index (χ1) is 9.74. The van der Waals surface area contributed by atoms with Crippen LogP contribution in [-0.4, -0.2) is 20.7 Å². The lowest BCUT2D eigenvalue weighted by molar-refractivity contribution is 0.515. The summed E-state index contributed by atoms with van der Waals surface area (Å²) in [5.41, 5.74) is 1.39. The number of aromatic nitrogens is 3. The maximum Gasteiger partial charge on any atom is 0.105 e. The van der Waals surface area contributed by atoms with Crippen LogP contribution in [0.5, 0.6) is 0 Å². The second-order valence-corrected chi connectivity index (χ2v) is 5.27. The summed E-state index contributed by atoms with van der Waals surface area (Å²) in [5, 5.41) is 3.60. The molecule has 2 rings (SSSR count). The van der Waals surface area contributed by atoms with E-state index < -0.39 is 0 Å². The fourth-order valence-corrected chi connectivity index (χ4v) is 2.48. The topological polar surface area (TPSA) is 34.8 Å². The predicted octanol–water partition coefficient (Wildman–Crippen LogP) is 3.14. The third kappa shape index (κ3) is 3.73. The maximum atomic E-state index is 4.25. The van der Waals surface area contributed by atoms with Crippen molar-refractivity contribution >= 4 is 0 Å². The Morgan fingerprint density at radius 3 is 2.75 bits per heavy atom. The standard InChI is InChI=1S/C16H26N4/c1-4-7-18-16(5-2)15-6-9-19(13-15)11-12-20-10-8-17-14(20)3/h6,8-10,13,16,18H,4-5,7,11-12H2,1-3H3. The van der Waals surface area contributed by atoms with Gasteiger partial charge >= 0.3 is 0 Å². The van der Waals surface area contributed by atoms with Gasteiger partial charge in [-0.1, -0.05) is 13.8 Å². The molecule has 0 bridgehead atoms. The van der Waals surface area contributed by atoms with Gasteiger partial charge in [-0.05, 0) is 37.9 Å². The largest absolute Gasteiger partial charge is 0.352 e. The van der Waals surface area contributed by atoms with Crippen LogP contribution in [0.4, 0.5) is 0 Å². The molecular formula is C16H26N4. The van der Waals surface area contributed by atoms with Crippen LogP contribution in [-0.2, 0) is 13.1 Å². The zero-order valence-electron chi connectivity index (χ0n) is 12.8. The number of nitrogens with zero attached hydrogens (tertiary/aromatic N) is 3.